The molecule has 0 aliphatic heterocycles. The van der Waals surface area contributed by atoms with Crippen LogP contribution in [0, 0.1) is 0 Å². The third-order valence-corrected chi connectivity index (χ3v) is 23.7. The molecule has 18 aromatic rings. The molecule has 89 heavy (non-hydrogen) atoms. The van der Waals surface area contributed by atoms with Crippen LogP contribution in [-0.4, -0.2) is 26.3 Å². The van der Waals surface area contributed by atoms with Gasteiger partial charge in [-0.15, -0.1) is 0 Å². The first-order chi connectivity index (χ1) is 44.2. The van der Waals surface area contributed by atoms with E-state index in [0.29, 0.717) is 0 Å². The predicted molar refractivity (Wildman–Crippen MR) is 378 cm³/mol. The van der Waals surface area contributed by atoms with E-state index in [2.05, 4.69) is 358 Å². The van der Waals surface area contributed by atoms with E-state index in [0.717, 1.165) is 67.1 Å². The molecular weight excluding hydrogens is 1090 g/mol. The fourth-order valence-electron chi connectivity index (χ4n) is 15.3. The molecule has 0 spiro atoms. The first-order valence-corrected chi connectivity index (χ1v) is 32.8. The zero-order valence-electron chi connectivity index (χ0n) is 48.6. The van der Waals surface area contributed by atoms with Gasteiger partial charge in [-0.3, -0.25) is 0 Å². The van der Waals surface area contributed by atoms with Gasteiger partial charge >= 0.3 is 0 Å². The fourth-order valence-corrected chi connectivity index (χ4v) is 20.0. The third-order valence-electron chi connectivity index (χ3n) is 18.9. The topological polar surface area (TPSA) is 19.7 Å². The van der Waals surface area contributed by atoms with E-state index in [1.165, 1.54) is 85.9 Å². The van der Waals surface area contributed by atoms with Crippen LogP contribution in [-0.2, 0) is 0 Å². The standard InChI is InChI=1S/C84H56N4Si/c1-3-27-57(28-4-1)89(58-29-5-2-6-30-58,59-51-53-71(83(55-59)87-79-47-23-11-35-65(79)66-36-12-24-48-80(66)87)69-39-15-21-45-77(69)85-73-41-17-7-31-61(73)62-32-8-18-42-74(62)85)60-52-54-72(84(56-60)88-81-49-25-13-37-67(81)68-38-14-26-50-82(68)88)70-40-16-22-46-78(70)86-75-43-19-9-33-63(75)64-34-10-20-44-76(64)86/h1-56H. The average molecular weight is 1150 g/mol. The van der Waals surface area contributed by atoms with E-state index in [-0.39, 0.29) is 0 Å². The first-order valence-electron chi connectivity index (χ1n) is 30.8. The summed E-state index contributed by atoms with van der Waals surface area (Å²) in [5.74, 6) is 0. The molecule has 0 N–H and O–H groups in total. The highest BCUT2D eigenvalue weighted by molar-refractivity contribution is 7.20. The molecule has 5 heteroatoms. The molecule has 4 nitrogen and oxygen atoms in total. The number of benzene rings is 14. The van der Waals surface area contributed by atoms with Gasteiger partial charge in [0.05, 0.1) is 66.9 Å². The lowest BCUT2D eigenvalue weighted by molar-refractivity contribution is 1.16. The van der Waals surface area contributed by atoms with Crippen molar-refractivity contribution in [2.75, 3.05) is 0 Å². The molecule has 0 aliphatic rings. The minimum atomic E-state index is -3.42. The quantitative estimate of drug-likeness (QED) is 0.0961. The van der Waals surface area contributed by atoms with Gasteiger partial charge in [0.15, 0.2) is 8.07 Å². The SMILES string of the molecule is c1ccc([Si](c2ccccc2)(c2ccc(-c3ccccc3-n3c4ccccc4c4ccccc43)c(-n3c4ccccc4c4ccccc43)c2)c2ccc(-c3ccccc3-n3c4ccccc4c4ccccc43)c(-n3c4ccccc4c4ccccc43)c2)cc1. The zero-order valence-corrected chi connectivity index (χ0v) is 49.6. The summed E-state index contributed by atoms with van der Waals surface area (Å²) in [4.78, 5) is 0. The van der Waals surface area contributed by atoms with E-state index < -0.39 is 8.07 Å². The molecule has 416 valence electrons. The molecule has 0 bridgehead atoms. The number of nitrogens with zero attached hydrogens (tertiary/aromatic N) is 4. The van der Waals surface area contributed by atoms with Crippen molar-refractivity contribution in [2.24, 2.45) is 0 Å². The summed E-state index contributed by atoms with van der Waals surface area (Å²) in [5.41, 5.74) is 18.4. The van der Waals surface area contributed by atoms with Crippen LogP contribution in [0.4, 0.5) is 0 Å². The Morgan fingerprint density at radius 1 is 0.157 bits per heavy atom. The van der Waals surface area contributed by atoms with Crippen molar-refractivity contribution < 1.29 is 0 Å². The molecular formula is C84H56N4Si. The third kappa shape index (κ3) is 7.59. The molecule has 4 heterocycles. The minimum Gasteiger partial charge on any atom is -0.309 e. The van der Waals surface area contributed by atoms with Crippen molar-refractivity contribution >= 4 is 116 Å². The molecule has 18 rings (SSSR count). The van der Waals surface area contributed by atoms with Crippen LogP contribution >= 0.6 is 0 Å². The van der Waals surface area contributed by atoms with Gasteiger partial charge in [0.2, 0.25) is 0 Å². The lowest BCUT2D eigenvalue weighted by atomic mass is 10.0. The van der Waals surface area contributed by atoms with Crippen molar-refractivity contribution in [1.82, 2.24) is 18.3 Å². The highest BCUT2D eigenvalue weighted by Gasteiger charge is 2.43. The highest BCUT2D eigenvalue weighted by atomic mass is 28.3. The smallest absolute Gasteiger partial charge is 0.179 e. The summed E-state index contributed by atoms with van der Waals surface area (Å²) in [7, 11) is -3.42. The molecule has 0 saturated carbocycles. The Kier molecular flexibility index (Phi) is 11.6. The Morgan fingerprint density at radius 2 is 0.371 bits per heavy atom. The number of hydrogen-bond acceptors (Lipinski definition) is 0. The van der Waals surface area contributed by atoms with Crippen molar-refractivity contribution in [3.8, 4) is 45.0 Å². The van der Waals surface area contributed by atoms with Gasteiger partial charge in [-0.05, 0) is 93.5 Å². The fraction of sp³-hybridized carbons (Fsp3) is 0. The van der Waals surface area contributed by atoms with Gasteiger partial charge in [0.1, 0.15) is 0 Å². The number of rotatable bonds is 10. The van der Waals surface area contributed by atoms with Crippen LogP contribution in [0.1, 0.15) is 0 Å². The second-order valence-corrected chi connectivity index (χ2v) is 27.3. The summed E-state index contributed by atoms with van der Waals surface area (Å²) < 4.78 is 10.1. The molecule has 14 aromatic carbocycles. The number of fused-ring (bicyclic) bond motifs is 12. The lowest BCUT2D eigenvalue weighted by Crippen LogP contribution is -2.74. The number of hydrogen-bond donors (Lipinski definition) is 0. The van der Waals surface area contributed by atoms with Crippen LogP contribution in [0.3, 0.4) is 0 Å². The van der Waals surface area contributed by atoms with E-state index in [4.69, 9.17) is 0 Å². The van der Waals surface area contributed by atoms with Crippen LogP contribution < -0.4 is 20.7 Å². The van der Waals surface area contributed by atoms with Gasteiger partial charge in [-0.25, -0.2) is 0 Å². The van der Waals surface area contributed by atoms with Gasteiger partial charge in [-0.1, -0.05) is 267 Å². The van der Waals surface area contributed by atoms with Crippen molar-refractivity contribution in [3.05, 3.63) is 340 Å². The van der Waals surface area contributed by atoms with Crippen molar-refractivity contribution in [3.63, 3.8) is 0 Å². The van der Waals surface area contributed by atoms with Crippen molar-refractivity contribution in [1.29, 1.82) is 0 Å². The summed E-state index contributed by atoms with van der Waals surface area (Å²) in [6.07, 6.45) is 0. The molecule has 0 atom stereocenters. The van der Waals surface area contributed by atoms with E-state index in [9.17, 15) is 0 Å². The lowest BCUT2D eigenvalue weighted by Gasteiger charge is -2.36. The maximum absolute atomic E-state index is 3.42. The van der Waals surface area contributed by atoms with Gasteiger partial charge in [0.25, 0.3) is 0 Å². The van der Waals surface area contributed by atoms with Crippen LogP contribution in [0.25, 0.3) is 132 Å². The van der Waals surface area contributed by atoms with E-state index in [1.54, 1.807) is 0 Å². The summed E-state index contributed by atoms with van der Waals surface area (Å²) >= 11 is 0. The molecule has 0 fully saturated rings. The van der Waals surface area contributed by atoms with Crippen molar-refractivity contribution in [2.45, 2.75) is 0 Å². The molecule has 0 aliphatic carbocycles. The monoisotopic (exact) mass is 1150 g/mol. The Hall–Kier alpha value is -11.5. The largest absolute Gasteiger partial charge is 0.309 e. The second-order valence-electron chi connectivity index (χ2n) is 23.5. The second kappa shape index (κ2) is 20.3. The molecule has 4 aromatic heterocycles. The summed E-state index contributed by atoms with van der Waals surface area (Å²) in [5, 5.41) is 15.0. The Labute approximate surface area is 515 Å². The summed E-state index contributed by atoms with van der Waals surface area (Å²) in [6.45, 7) is 0. The normalized spacial score (nSPS) is 12.0. The number of para-hydroxylation sites is 10. The Balaban J connectivity index is 0.971. The molecule has 0 saturated heterocycles. The van der Waals surface area contributed by atoms with Crippen LogP contribution in [0.15, 0.2) is 340 Å². The Morgan fingerprint density at radius 3 is 0.652 bits per heavy atom. The maximum Gasteiger partial charge on any atom is 0.179 e. The zero-order chi connectivity index (χ0) is 58.6. The van der Waals surface area contributed by atoms with Gasteiger partial charge < -0.3 is 18.3 Å². The maximum atomic E-state index is 2.59. The predicted octanol–water partition coefficient (Wildman–Crippen LogP) is 18.8. The van der Waals surface area contributed by atoms with E-state index >= 15 is 0 Å². The Bertz CT molecular complexity index is 5250. The average Bonchev–Trinajstić information content (AvgIpc) is 1.91. The summed E-state index contributed by atoms with van der Waals surface area (Å²) in [6, 6.07) is 127. The molecule has 0 unspecified atom stereocenters. The van der Waals surface area contributed by atoms with E-state index in [1.807, 2.05) is 0 Å². The minimum absolute atomic E-state index is 1.12. The highest BCUT2D eigenvalue weighted by Crippen LogP contribution is 2.44. The molecule has 0 radical (unpaired) electrons. The molecule has 0 amide bonds. The van der Waals surface area contributed by atoms with Crippen LogP contribution in [0.5, 0.6) is 0 Å². The van der Waals surface area contributed by atoms with Gasteiger partial charge in [-0.2, -0.15) is 0 Å². The van der Waals surface area contributed by atoms with Gasteiger partial charge in [0, 0.05) is 65.3 Å². The van der Waals surface area contributed by atoms with Crippen LogP contribution in [0.2, 0.25) is 0 Å². The first kappa shape index (κ1) is 50.8. The number of aromatic nitrogens is 4.